The van der Waals surface area contributed by atoms with Crippen molar-refractivity contribution in [1.82, 2.24) is 10.2 Å². The highest BCUT2D eigenvalue weighted by atomic mass is 32.2. The smallest absolute Gasteiger partial charge is 0.265 e. The highest BCUT2D eigenvalue weighted by Crippen LogP contribution is 2.27. The lowest BCUT2D eigenvalue weighted by Gasteiger charge is -2.12. The third-order valence-electron chi connectivity index (χ3n) is 2.54. The van der Waals surface area contributed by atoms with Gasteiger partial charge in [0.05, 0.1) is 19.0 Å². The Morgan fingerprint density at radius 2 is 2.25 bits per heavy atom. The fourth-order valence-corrected chi connectivity index (χ4v) is 2.51. The summed E-state index contributed by atoms with van der Waals surface area (Å²) in [6.45, 7) is 0. The molecule has 1 heterocycles. The molecule has 0 saturated carbocycles. The van der Waals surface area contributed by atoms with Crippen LogP contribution in [0, 0.1) is 5.41 Å². The van der Waals surface area contributed by atoms with E-state index < -0.39 is 10.0 Å². The molecule has 2 rings (SSSR count). The zero-order chi connectivity index (χ0) is 14.8. The zero-order valence-corrected chi connectivity index (χ0v) is 11.4. The minimum absolute atomic E-state index is 0.00944. The summed E-state index contributed by atoms with van der Waals surface area (Å²) in [6, 6.07) is 4.49. The van der Waals surface area contributed by atoms with Crippen LogP contribution in [-0.4, -0.2) is 31.6 Å². The molecule has 5 N–H and O–H groups in total. The third kappa shape index (κ3) is 2.72. The molecule has 2 aromatic rings. The molecule has 0 amide bonds. The summed E-state index contributed by atoms with van der Waals surface area (Å²) in [5, 5.41) is 13.4. The highest BCUT2D eigenvalue weighted by Gasteiger charge is 2.17. The van der Waals surface area contributed by atoms with E-state index in [1.165, 1.54) is 37.7 Å². The normalized spacial score (nSPS) is 11.1. The molecular formula is C11H13N5O3S. The van der Waals surface area contributed by atoms with Gasteiger partial charge >= 0.3 is 0 Å². The van der Waals surface area contributed by atoms with Gasteiger partial charge in [0, 0.05) is 11.8 Å². The van der Waals surface area contributed by atoms with E-state index in [4.69, 9.17) is 15.9 Å². The van der Waals surface area contributed by atoms with Crippen LogP contribution in [0.15, 0.2) is 35.5 Å². The molecule has 0 spiro atoms. The van der Waals surface area contributed by atoms with Crippen LogP contribution in [0.5, 0.6) is 5.75 Å². The predicted molar refractivity (Wildman–Crippen MR) is 73.4 cm³/mol. The Kier molecular flexibility index (Phi) is 3.61. The average molecular weight is 295 g/mol. The Balaban J connectivity index is 2.37. The van der Waals surface area contributed by atoms with Crippen LogP contribution in [-0.2, 0) is 10.0 Å². The van der Waals surface area contributed by atoms with E-state index in [-0.39, 0.29) is 22.2 Å². The highest BCUT2D eigenvalue weighted by molar-refractivity contribution is 7.92. The quantitative estimate of drug-likeness (QED) is 0.471. The molecule has 1 aromatic carbocycles. The van der Waals surface area contributed by atoms with Gasteiger partial charge < -0.3 is 10.5 Å². The van der Waals surface area contributed by atoms with Crippen molar-refractivity contribution in [2.24, 2.45) is 5.73 Å². The number of hydrogen-bond acceptors (Lipinski definition) is 5. The van der Waals surface area contributed by atoms with Crippen LogP contribution in [0.25, 0.3) is 0 Å². The van der Waals surface area contributed by atoms with Crippen molar-refractivity contribution in [3.8, 4) is 5.75 Å². The largest absolute Gasteiger partial charge is 0.495 e. The number of methoxy groups -OCH3 is 1. The molecular weight excluding hydrogens is 282 g/mol. The molecule has 0 fully saturated rings. The lowest BCUT2D eigenvalue weighted by atomic mass is 10.2. The number of aromatic nitrogens is 2. The molecule has 0 atom stereocenters. The van der Waals surface area contributed by atoms with Gasteiger partial charge in [-0.15, -0.1) is 0 Å². The van der Waals surface area contributed by atoms with E-state index in [9.17, 15) is 8.42 Å². The van der Waals surface area contributed by atoms with E-state index in [2.05, 4.69) is 14.9 Å². The zero-order valence-electron chi connectivity index (χ0n) is 10.5. The Morgan fingerprint density at radius 3 is 2.80 bits per heavy atom. The van der Waals surface area contributed by atoms with Gasteiger partial charge in [0.1, 0.15) is 16.5 Å². The first-order chi connectivity index (χ1) is 9.44. The number of anilines is 1. The number of amidine groups is 1. The fourth-order valence-electron chi connectivity index (χ4n) is 1.53. The molecule has 1 aromatic heterocycles. The number of aromatic amines is 1. The minimum atomic E-state index is -3.74. The molecule has 0 bridgehead atoms. The number of H-pyrrole nitrogens is 1. The van der Waals surface area contributed by atoms with E-state index in [0.29, 0.717) is 5.56 Å². The van der Waals surface area contributed by atoms with Crippen molar-refractivity contribution in [3.05, 3.63) is 36.2 Å². The van der Waals surface area contributed by atoms with Crippen LogP contribution in [0.4, 0.5) is 5.69 Å². The van der Waals surface area contributed by atoms with Gasteiger partial charge in [0.25, 0.3) is 10.0 Å². The molecule has 0 aliphatic carbocycles. The van der Waals surface area contributed by atoms with Gasteiger partial charge in [-0.05, 0) is 18.2 Å². The summed E-state index contributed by atoms with van der Waals surface area (Å²) in [5.41, 5.74) is 6.06. The summed E-state index contributed by atoms with van der Waals surface area (Å²) >= 11 is 0. The van der Waals surface area contributed by atoms with Crippen molar-refractivity contribution in [2.75, 3.05) is 11.8 Å². The Hall–Kier alpha value is -2.55. The SMILES string of the molecule is COc1cc(C(=N)N)ccc1NS(=O)(=O)c1cn[nH]c1. The summed E-state index contributed by atoms with van der Waals surface area (Å²) in [7, 11) is -2.35. The summed E-state index contributed by atoms with van der Waals surface area (Å²) in [6.07, 6.45) is 2.46. The summed E-state index contributed by atoms with van der Waals surface area (Å²) in [5.74, 6) is 0.136. The van der Waals surface area contributed by atoms with Crippen LogP contribution < -0.4 is 15.2 Å². The fraction of sp³-hybridized carbons (Fsp3) is 0.0909. The second kappa shape index (κ2) is 5.21. The van der Waals surface area contributed by atoms with Crippen molar-refractivity contribution >= 4 is 21.5 Å². The number of nitrogens with one attached hydrogen (secondary N) is 3. The predicted octanol–water partition coefficient (Wildman–Crippen LogP) is 0.503. The van der Waals surface area contributed by atoms with Gasteiger partial charge in [-0.1, -0.05) is 0 Å². The third-order valence-corrected chi connectivity index (χ3v) is 3.87. The number of benzene rings is 1. The lowest BCUT2D eigenvalue weighted by molar-refractivity contribution is 0.417. The first kappa shape index (κ1) is 13.9. The lowest BCUT2D eigenvalue weighted by Crippen LogP contribution is -2.14. The van der Waals surface area contributed by atoms with Gasteiger partial charge in [-0.2, -0.15) is 5.10 Å². The maximum atomic E-state index is 12.1. The first-order valence-corrected chi connectivity index (χ1v) is 6.96. The molecule has 9 heteroatoms. The van der Waals surface area contributed by atoms with E-state index in [0.717, 1.165) is 0 Å². The number of nitrogen functional groups attached to an aromatic ring is 1. The van der Waals surface area contributed by atoms with Gasteiger partial charge in [0.2, 0.25) is 0 Å². The first-order valence-electron chi connectivity index (χ1n) is 5.48. The summed E-state index contributed by atoms with van der Waals surface area (Å²) < 4.78 is 31.6. The molecule has 0 unspecified atom stereocenters. The van der Waals surface area contributed by atoms with Gasteiger partial charge in [-0.25, -0.2) is 8.42 Å². The number of hydrogen-bond donors (Lipinski definition) is 4. The monoisotopic (exact) mass is 295 g/mol. The second-order valence-electron chi connectivity index (χ2n) is 3.87. The molecule has 0 saturated heterocycles. The number of ether oxygens (including phenoxy) is 1. The van der Waals surface area contributed by atoms with Crippen LogP contribution in [0.3, 0.4) is 0 Å². The number of sulfonamides is 1. The van der Waals surface area contributed by atoms with Crippen LogP contribution in [0.2, 0.25) is 0 Å². The molecule has 20 heavy (non-hydrogen) atoms. The van der Waals surface area contributed by atoms with Crippen molar-refractivity contribution in [2.45, 2.75) is 4.90 Å². The Labute approximate surface area is 115 Å². The Morgan fingerprint density at radius 1 is 1.50 bits per heavy atom. The van der Waals surface area contributed by atoms with E-state index in [1.807, 2.05) is 0 Å². The minimum Gasteiger partial charge on any atom is -0.495 e. The standard InChI is InChI=1S/C11H13N5O3S/c1-19-10-4-7(11(12)13)2-3-9(10)16-20(17,18)8-5-14-15-6-8/h2-6,16H,1H3,(H3,12,13)(H,14,15). The van der Waals surface area contributed by atoms with Crippen LogP contribution >= 0.6 is 0 Å². The van der Waals surface area contributed by atoms with Crippen molar-refractivity contribution in [3.63, 3.8) is 0 Å². The second-order valence-corrected chi connectivity index (χ2v) is 5.55. The van der Waals surface area contributed by atoms with E-state index >= 15 is 0 Å². The average Bonchev–Trinajstić information content (AvgIpc) is 2.93. The van der Waals surface area contributed by atoms with Gasteiger partial charge in [0.15, 0.2) is 0 Å². The number of nitrogens with two attached hydrogens (primary N) is 1. The molecule has 0 aliphatic heterocycles. The number of rotatable bonds is 5. The Bertz CT molecular complexity index is 725. The topological polar surface area (TPSA) is 134 Å². The molecule has 106 valence electrons. The molecule has 8 nitrogen and oxygen atoms in total. The number of nitrogens with zero attached hydrogens (tertiary/aromatic N) is 1. The molecule has 0 radical (unpaired) electrons. The van der Waals surface area contributed by atoms with Crippen molar-refractivity contribution < 1.29 is 13.2 Å². The molecule has 0 aliphatic rings. The van der Waals surface area contributed by atoms with Crippen LogP contribution in [0.1, 0.15) is 5.56 Å². The summed E-state index contributed by atoms with van der Waals surface area (Å²) in [4.78, 5) is 0.00944. The van der Waals surface area contributed by atoms with Gasteiger partial charge in [-0.3, -0.25) is 15.2 Å². The van der Waals surface area contributed by atoms with E-state index in [1.54, 1.807) is 0 Å². The maximum Gasteiger partial charge on any atom is 0.265 e. The van der Waals surface area contributed by atoms with Crippen molar-refractivity contribution in [1.29, 1.82) is 5.41 Å². The maximum absolute atomic E-state index is 12.1.